The first-order chi connectivity index (χ1) is 10.5. The fourth-order valence-electron chi connectivity index (χ4n) is 2.88. The van der Waals surface area contributed by atoms with Crippen LogP contribution >= 0.6 is 0 Å². The SMILES string of the molecule is Cc1n[nH]c(C)c1C1COCCN1S(=O)(=O)c1ccccc1. The minimum absolute atomic E-state index is 0.306. The van der Waals surface area contributed by atoms with Gasteiger partial charge < -0.3 is 4.74 Å². The number of aryl methyl sites for hydroxylation is 2. The van der Waals surface area contributed by atoms with Gasteiger partial charge in [0.2, 0.25) is 10.0 Å². The lowest BCUT2D eigenvalue weighted by molar-refractivity contribution is 0.0316. The molecule has 1 N–H and O–H groups in total. The zero-order valence-corrected chi connectivity index (χ0v) is 13.4. The van der Waals surface area contributed by atoms with E-state index in [9.17, 15) is 8.42 Å². The first-order valence-electron chi connectivity index (χ1n) is 7.18. The van der Waals surface area contributed by atoms with E-state index in [1.54, 1.807) is 30.3 Å². The maximum absolute atomic E-state index is 13.0. The number of hydrogen-bond donors (Lipinski definition) is 1. The van der Waals surface area contributed by atoms with Gasteiger partial charge >= 0.3 is 0 Å². The summed E-state index contributed by atoms with van der Waals surface area (Å²) in [6, 6.07) is 8.17. The molecular weight excluding hydrogens is 302 g/mol. The topological polar surface area (TPSA) is 75.3 Å². The lowest BCUT2D eigenvalue weighted by Crippen LogP contribution is -2.43. The number of aromatic nitrogens is 2. The van der Waals surface area contributed by atoms with Crippen molar-refractivity contribution in [3.05, 3.63) is 47.3 Å². The van der Waals surface area contributed by atoms with E-state index in [-0.39, 0.29) is 6.04 Å². The maximum Gasteiger partial charge on any atom is 0.243 e. The Morgan fingerprint density at radius 2 is 2.00 bits per heavy atom. The molecule has 2 aromatic rings. The predicted octanol–water partition coefficient (Wildman–Crippen LogP) is 1.79. The summed E-state index contributed by atoms with van der Waals surface area (Å²) in [6.07, 6.45) is 0. The number of morpholine rings is 1. The van der Waals surface area contributed by atoms with Crippen LogP contribution in [-0.2, 0) is 14.8 Å². The summed E-state index contributed by atoms with van der Waals surface area (Å²) in [5, 5.41) is 7.10. The van der Waals surface area contributed by atoms with Crippen molar-refractivity contribution in [2.24, 2.45) is 0 Å². The van der Waals surface area contributed by atoms with Crippen molar-refractivity contribution in [1.82, 2.24) is 14.5 Å². The molecule has 1 aliphatic rings. The van der Waals surface area contributed by atoms with Crippen LogP contribution in [0.3, 0.4) is 0 Å². The van der Waals surface area contributed by atoms with Gasteiger partial charge in [0.05, 0.1) is 29.8 Å². The highest BCUT2D eigenvalue weighted by Gasteiger charge is 2.37. The molecule has 0 spiro atoms. The van der Waals surface area contributed by atoms with Gasteiger partial charge in [0.15, 0.2) is 0 Å². The molecule has 1 unspecified atom stereocenters. The molecule has 1 fully saturated rings. The van der Waals surface area contributed by atoms with Crippen LogP contribution in [0.1, 0.15) is 23.0 Å². The van der Waals surface area contributed by atoms with E-state index in [2.05, 4.69) is 10.2 Å². The summed E-state index contributed by atoms with van der Waals surface area (Å²) in [7, 11) is -3.56. The average molecular weight is 321 g/mol. The number of sulfonamides is 1. The van der Waals surface area contributed by atoms with Crippen LogP contribution in [0, 0.1) is 13.8 Å². The highest BCUT2D eigenvalue weighted by molar-refractivity contribution is 7.89. The Bertz CT molecular complexity index is 736. The summed E-state index contributed by atoms with van der Waals surface area (Å²) in [4.78, 5) is 0.306. The number of hydrogen-bond acceptors (Lipinski definition) is 4. The van der Waals surface area contributed by atoms with Crippen LogP contribution < -0.4 is 0 Å². The van der Waals surface area contributed by atoms with Crippen LogP contribution in [0.15, 0.2) is 35.2 Å². The van der Waals surface area contributed by atoms with Gasteiger partial charge in [-0.1, -0.05) is 18.2 Å². The molecule has 1 aliphatic heterocycles. The van der Waals surface area contributed by atoms with E-state index >= 15 is 0 Å². The van der Waals surface area contributed by atoms with Crippen molar-refractivity contribution < 1.29 is 13.2 Å². The number of nitrogens with zero attached hydrogens (tertiary/aromatic N) is 2. The number of benzene rings is 1. The van der Waals surface area contributed by atoms with Crippen LogP contribution in [0.4, 0.5) is 0 Å². The summed E-state index contributed by atoms with van der Waals surface area (Å²) < 4.78 is 33.0. The van der Waals surface area contributed by atoms with Crippen molar-refractivity contribution in [2.75, 3.05) is 19.8 Å². The standard InChI is InChI=1S/C15H19N3O3S/c1-11-15(12(2)17-16-11)14-10-21-9-8-18(14)22(19,20)13-6-4-3-5-7-13/h3-7,14H,8-10H2,1-2H3,(H,16,17). The molecule has 2 heterocycles. The van der Waals surface area contributed by atoms with Gasteiger partial charge in [-0.3, -0.25) is 5.10 Å². The van der Waals surface area contributed by atoms with E-state index in [0.29, 0.717) is 24.7 Å². The lowest BCUT2D eigenvalue weighted by atomic mass is 10.1. The average Bonchev–Trinajstić information content (AvgIpc) is 2.87. The molecule has 1 aromatic heterocycles. The van der Waals surface area contributed by atoms with Crippen LogP contribution in [0.2, 0.25) is 0 Å². The first-order valence-corrected chi connectivity index (χ1v) is 8.62. The van der Waals surface area contributed by atoms with Gasteiger partial charge in [-0.2, -0.15) is 9.40 Å². The van der Waals surface area contributed by atoms with Gasteiger partial charge in [-0.25, -0.2) is 8.42 Å². The number of ether oxygens (including phenoxy) is 1. The molecular formula is C15H19N3O3S. The third-order valence-electron chi connectivity index (χ3n) is 3.95. The third-order valence-corrected chi connectivity index (χ3v) is 5.87. The fourth-order valence-corrected chi connectivity index (χ4v) is 4.47. The number of rotatable bonds is 3. The third kappa shape index (κ3) is 2.55. The first kappa shape index (κ1) is 15.2. The van der Waals surface area contributed by atoms with Gasteiger partial charge in [0.25, 0.3) is 0 Å². The lowest BCUT2D eigenvalue weighted by Gasteiger charge is -2.34. The zero-order valence-electron chi connectivity index (χ0n) is 12.6. The Kier molecular flexibility index (Phi) is 4.03. The van der Waals surface area contributed by atoms with E-state index in [1.807, 2.05) is 13.8 Å². The second-order valence-corrected chi connectivity index (χ2v) is 7.26. The van der Waals surface area contributed by atoms with E-state index in [0.717, 1.165) is 17.0 Å². The monoisotopic (exact) mass is 321 g/mol. The number of nitrogens with one attached hydrogen (secondary N) is 1. The van der Waals surface area contributed by atoms with Crippen molar-refractivity contribution in [3.63, 3.8) is 0 Å². The largest absolute Gasteiger partial charge is 0.378 e. The molecule has 7 heteroatoms. The number of H-pyrrole nitrogens is 1. The second kappa shape index (κ2) is 5.83. The smallest absolute Gasteiger partial charge is 0.243 e. The summed E-state index contributed by atoms with van der Waals surface area (Å²) >= 11 is 0. The van der Waals surface area contributed by atoms with Crippen molar-refractivity contribution in [3.8, 4) is 0 Å². The van der Waals surface area contributed by atoms with Gasteiger partial charge in [0.1, 0.15) is 0 Å². The normalized spacial score (nSPS) is 20.2. The molecule has 22 heavy (non-hydrogen) atoms. The summed E-state index contributed by atoms with van der Waals surface area (Å²) in [5.74, 6) is 0. The summed E-state index contributed by atoms with van der Waals surface area (Å²) in [5.41, 5.74) is 2.58. The Morgan fingerprint density at radius 1 is 1.27 bits per heavy atom. The van der Waals surface area contributed by atoms with Crippen LogP contribution in [0.25, 0.3) is 0 Å². The highest BCUT2D eigenvalue weighted by atomic mass is 32.2. The van der Waals surface area contributed by atoms with Gasteiger partial charge in [-0.05, 0) is 26.0 Å². The Hall–Kier alpha value is -1.70. The van der Waals surface area contributed by atoms with E-state index < -0.39 is 10.0 Å². The molecule has 0 bridgehead atoms. The van der Waals surface area contributed by atoms with Gasteiger partial charge in [0, 0.05) is 17.8 Å². The van der Waals surface area contributed by atoms with E-state index in [4.69, 9.17) is 4.74 Å². The number of aromatic amines is 1. The van der Waals surface area contributed by atoms with Crippen LogP contribution in [-0.4, -0.2) is 42.7 Å². The highest BCUT2D eigenvalue weighted by Crippen LogP contribution is 2.32. The molecule has 1 atom stereocenters. The minimum Gasteiger partial charge on any atom is -0.378 e. The molecule has 0 radical (unpaired) electrons. The van der Waals surface area contributed by atoms with Crippen LogP contribution in [0.5, 0.6) is 0 Å². The molecule has 118 valence electrons. The Balaban J connectivity index is 2.04. The maximum atomic E-state index is 13.0. The summed E-state index contributed by atoms with van der Waals surface area (Å²) in [6.45, 7) is 4.86. The predicted molar refractivity (Wildman–Crippen MR) is 82.0 cm³/mol. The minimum atomic E-state index is -3.56. The molecule has 1 saturated heterocycles. The van der Waals surface area contributed by atoms with E-state index in [1.165, 1.54) is 4.31 Å². The molecule has 1 aromatic carbocycles. The quantitative estimate of drug-likeness (QED) is 0.935. The van der Waals surface area contributed by atoms with Crippen molar-refractivity contribution in [2.45, 2.75) is 24.8 Å². The molecule has 0 amide bonds. The second-order valence-electron chi connectivity index (χ2n) is 5.37. The molecule has 3 rings (SSSR count). The fraction of sp³-hybridized carbons (Fsp3) is 0.400. The Morgan fingerprint density at radius 3 is 2.64 bits per heavy atom. The molecule has 0 aliphatic carbocycles. The molecule has 6 nitrogen and oxygen atoms in total. The zero-order chi connectivity index (χ0) is 15.7. The molecule has 0 saturated carbocycles. The van der Waals surface area contributed by atoms with Gasteiger partial charge in [-0.15, -0.1) is 0 Å². The van der Waals surface area contributed by atoms with Crippen molar-refractivity contribution >= 4 is 10.0 Å². The Labute approximate surface area is 130 Å². The van der Waals surface area contributed by atoms with Crippen molar-refractivity contribution in [1.29, 1.82) is 0 Å².